The number of aromatic nitrogens is 6. The van der Waals surface area contributed by atoms with Crippen molar-refractivity contribution in [1.29, 1.82) is 0 Å². The monoisotopic (exact) mass is 1390 g/mol. The van der Waals surface area contributed by atoms with Gasteiger partial charge in [-0.15, -0.1) is 67.9 Å². The largest absolute Gasteiger partial charge is 0.493 e. The van der Waals surface area contributed by atoms with E-state index >= 15 is 0 Å². The molecule has 14 rings (SSSR count). The number of ether oxygens (including phenoxy) is 2. The summed E-state index contributed by atoms with van der Waals surface area (Å²) < 4.78 is 13.0. The third kappa shape index (κ3) is 15.8. The number of benzene rings is 7. The molecular weight excluding hydrogens is 1320 g/mol. The SMILES string of the molecule is Br.Br.Br.Br.C1=Cc2cc3ccc(cc4ccc(cc5nc(cc1n2)C=C5)[nH]4)[nH]3.c1ccc2cc3cc4c(-c5cc(OCCCCCCc6ccc7ccccc7n6)cc(OCCCCCCc6ccc7ccccc7n6)c5)cccc4cc3cc2c1. The Hall–Kier alpha value is -7.74. The Kier molecular flexibility index (Phi) is 21.9. The summed E-state index contributed by atoms with van der Waals surface area (Å²) in [5.41, 5.74) is 14.7. The van der Waals surface area contributed by atoms with Crippen LogP contribution in [-0.2, 0) is 12.8 Å². The van der Waals surface area contributed by atoms with Crippen molar-refractivity contribution in [3.05, 3.63) is 240 Å². The van der Waals surface area contributed by atoms with Crippen LogP contribution in [0.1, 0.15) is 85.5 Å². The van der Waals surface area contributed by atoms with Crippen LogP contribution in [0, 0.1) is 0 Å². The van der Waals surface area contributed by atoms with E-state index in [1.54, 1.807) is 0 Å². The summed E-state index contributed by atoms with van der Waals surface area (Å²) in [5.74, 6) is 1.72. The van der Waals surface area contributed by atoms with Crippen molar-refractivity contribution in [3.8, 4) is 22.6 Å². The minimum Gasteiger partial charge on any atom is -0.493 e. The highest BCUT2D eigenvalue weighted by molar-refractivity contribution is 8.93. The Morgan fingerprint density at radius 2 is 0.733 bits per heavy atom. The molecule has 8 nitrogen and oxygen atoms in total. The molecule has 0 amide bonds. The molecule has 2 aliphatic heterocycles. The Labute approximate surface area is 544 Å². The number of rotatable bonds is 17. The van der Waals surface area contributed by atoms with Crippen molar-refractivity contribution in [2.24, 2.45) is 0 Å². The van der Waals surface area contributed by atoms with E-state index in [-0.39, 0.29) is 67.9 Å². The predicted molar refractivity (Wildman–Crippen MR) is 383 cm³/mol. The summed E-state index contributed by atoms with van der Waals surface area (Å²) in [6.45, 7) is 1.35. The lowest BCUT2D eigenvalue weighted by atomic mass is 9.94. The molecule has 12 aromatic rings. The molecule has 7 heterocycles. The van der Waals surface area contributed by atoms with E-state index in [4.69, 9.17) is 19.4 Å². The fourth-order valence-corrected chi connectivity index (χ4v) is 11.2. The maximum Gasteiger partial charge on any atom is 0.123 e. The van der Waals surface area contributed by atoms with E-state index in [0.29, 0.717) is 13.2 Å². The van der Waals surface area contributed by atoms with Gasteiger partial charge in [-0.1, -0.05) is 117 Å². The number of pyridine rings is 2. The third-order valence-corrected chi connectivity index (χ3v) is 15.4. The van der Waals surface area contributed by atoms with Crippen molar-refractivity contribution in [1.82, 2.24) is 29.9 Å². The van der Waals surface area contributed by atoms with Crippen LogP contribution in [0.4, 0.5) is 0 Å². The van der Waals surface area contributed by atoms with Crippen molar-refractivity contribution >= 4 is 168 Å². The molecule has 8 bridgehead atoms. The first-order chi connectivity index (χ1) is 40.5. The summed E-state index contributed by atoms with van der Waals surface area (Å²) in [6.07, 6.45) is 18.9. The summed E-state index contributed by atoms with van der Waals surface area (Å²) in [4.78, 5) is 25.7. The molecule has 5 aromatic heterocycles. The predicted octanol–water partition coefficient (Wildman–Crippen LogP) is 21.2. The molecular formula is C74H68Br4N6O2. The van der Waals surface area contributed by atoms with Crippen LogP contribution in [0.15, 0.2) is 206 Å². The Morgan fingerprint density at radius 3 is 1.26 bits per heavy atom. The second kappa shape index (κ2) is 30.1. The normalized spacial score (nSPS) is 11.3. The lowest BCUT2D eigenvalue weighted by Crippen LogP contribution is -2.01. The van der Waals surface area contributed by atoms with Gasteiger partial charge in [0.15, 0.2) is 0 Å². The van der Waals surface area contributed by atoms with Crippen LogP contribution in [0.5, 0.6) is 11.5 Å². The minimum atomic E-state index is 0. The van der Waals surface area contributed by atoms with Crippen LogP contribution in [0.25, 0.3) is 112 Å². The highest BCUT2D eigenvalue weighted by Crippen LogP contribution is 2.37. The van der Waals surface area contributed by atoms with Gasteiger partial charge in [-0.05, 0) is 215 Å². The van der Waals surface area contributed by atoms with Gasteiger partial charge >= 0.3 is 0 Å². The summed E-state index contributed by atoms with van der Waals surface area (Å²) in [5, 5.41) is 9.88. The number of H-pyrrole nitrogens is 2. The number of hydrogen-bond acceptors (Lipinski definition) is 6. The Balaban J connectivity index is 0.000000264. The van der Waals surface area contributed by atoms with E-state index in [0.717, 1.165) is 137 Å². The first-order valence-electron chi connectivity index (χ1n) is 29.0. The summed E-state index contributed by atoms with van der Waals surface area (Å²) >= 11 is 0. The van der Waals surface area contributed by atoms with Gasteiger partial charge in [-0.2, -0.15) is 0 Å². The van der Waals surface area contributed by atoms with Crippen molar-refractivity contribution in [3.63, 3.8) is 0 Å². The number of nitrogens with zero attached hydrogens (tertiary/aromatic N) is 4. The van der Waals surface area contributed by atoms with Crippen LogP contribution in [0.2, 0.25) is 0 Å². The van der Waals surface area contributed by atoms with Crippen LogP contribution in [0.3, 0.4) is 0 Å². The molecule has 2 N–H and O–H groups in total. The van der Waals surface area contributed by atoms with Gasteiger partial charge in [0, 0.05) is 50.3 Å². The van der Waals surface area contributed by atoms with Gasteiger partial charge in [0.1, 0.15) is 11.5 Å². The Bertz CT molecular complexity index is 4340. The van der Waals surface area contributed by atoms with E-state index < -0.39 is 0 Å². The fourth-order valence-electron chi connectivity index (χ4n) is 11.2. The highest BCUT2D eigenvalue weighted by Gasteiger charge is 2.12. The number of aryl methyl sites for hydroxylation is 2. The topological polar surface area (TPSA) is 102 Å². The standard InChI is InChI=1S/C54H50N2O2.C20H14N4.4BrH/c1(5-21-47-28-26-39-16-9-11-24-53(39)55-47)3-13-30-57-49-35-46(51-23-15-20-43-34-44-32-41-18-7-8-19-42(41)33-45(44)37-52(43)51)36-50(38-49)58-31-14-4-2-6-22-48-29-27-40-17-10-12-25-54(40)56-48;1-2-14-10-16-5-6-18(23-16)12-20-8-7-19(24-20)11-17-4-3-15(22-17)9-13(1)21-14;;;;/h7-12,15-20,23-29,32-38H,1-6,13-14,21-22,30-31H2;1-12,21-22H;4*1H. The fraction of sp³-hybridized carbons (Fsp3) is 0.162. The number of hydrogen-bond donors (Lipinski definition) is 2. The third-order valence-electron chi connectivity index (χ3n) is 15.4. The molecule has 0 radical (unpaired) electrons. The second-order valence-corrected chi connectivity index (χ2v) is 21.5. The van der Waals surface area contributed by atoms with E-state index in [9.17, 15) is 0 Å². The highest BCUT2D eigenvalue weighted by atomic mass is 79.9. The van der Waals surface area contributed by atoms with E-state index in [1.165, 1.54) is 60.0 Å². The van der Waals surface area contributed by atoms with Crippen LogP contribution in [-0.4, -0.2) is 43.1 Å². The number of unbranched alkanes of at least 4 members (excludes halogenated alkanes) is 6. The quantitative estimate of drug-likeness (QED) is 0.0696. The second-order valence-electron chi connectivity index (χ2n) is 21.5. The summed E-state index contributed by atoms with van der Waals surface area (Å²) in [7, 11) is 0. The van der Waals surface area contributed by atoms with Gasteiger partial charge in [-0.25, -0.2) is 9.97 Å². The molecule has 0 fully saturated rings. The molecule has 0 aliphatic carbocycles. The number of para-hydroxylation sites is 2. The first-order valence-corrected chi connectivity index (χ1v) is 29.0. The lowest BCUT2D eigenvalue weighted by molar-refractivity contribution is 0.290. The first kappa shape index (κ1) is 62.8. The molecule has 7 aromatic carbocycles. The van der Waals surface area contributed by atoms with Crippen LogP contribution < -0.4 is 9.47 Å². The van der Waals surface area contributed by atoms with Crippen molar-refractivity contribution in [2.75, 3.05) is 13.2 Å². The van der Waals surface area contributed by atoms with Gasteiger partial charge in [-0.3, -0.25) is 9.97 Å². The van der Waals surface area contributed by atoms with Crippen molar-refractivity contribution in [2.45, 2.75) is 64.2 Å². The van der Waals surface area contributed by atoms with Crippen LogP contribution >= 0.6 is 67.9 Å². The van der Waals surface area contributed by atoms with E-state index in [2.05, 4.69) is 208 Å². The van der Waals surface area contributed by atoms with Gasteiger partial charge in [0.25, 0.3) is 0 Å². The average molecular weight is 1390 g/mol. The van der Waals surface area contributed by atoms with Gasteiger partial charge < -0.3 is 19.4 Å². The molecule has 12 heteroatoms. The lowest BCUT2D eigenvalue weighted by Gasteiger charge is -2.15. The van der Waals surface area contributed by atoms with Crippen molar-refractivity contribution < 1.29 is 9.47 Å². The molecule has 434 valence electrons. The number of nitrogens with one attached hydrogen (secondary N) is 2. The smallest absolute Gasteiger partial charge is 0.123 e. The molecule has 0 saturated heterocycles. The van der Waals surface area contributed by atoms with E-state index in [1.807, 2.05) is 42.5 Å². The van der Waals surface area contributed by atoms with Gasteiger partial charge in [0.05, 0.1) is 47.0 Å². The zero-order valence-electron chi connectivity index (χ0n) is 47.7. The molecule has 0 atom stereocenters. The van der Waals surface area contributed by atoms with Gasteiger partial charge in [0.2, 0.25) is 0 Å². The molecule has 0 saturated carbocycles. The number of fused-ring (bicyclic) bond motifs is 13. The maximum atomic E-state index is 6.48. The summed E-state index contributed by atoms with van der Waals surface area (Å²) in [6, 6.07) is 72.8. The molecule has 0 unspecified atom stereocenters. The zero-order chi connectivity index (χ0) is 54.9. The average Bonchev–Trinajstić information content (AvgIpc) is 1.34. The zero-order valence-corrected chi connectivity index (χ0v) is 54.5. The molecule has 86 heavy (non-hydrogen) atoms. The number of halogens is 4. The molecule has 0 spiro atoms. The Morgan fingerprint density at radius 1 is 0.302 bits per heavy atom. The minimum absolute atomic E-state index is 0. The number of aromatic amines is 2. The maximum absolute atomic E-state index is 6.48. The molecule has 2 aliphatic rings.